The Balaban J connectivity index is 1.43. The van der Waals surface area contributed by atoms with Gasteiger partial charge in [0.1, 0.15) is 0 Å². The highest BCUT2D eigenvalue weighted by molar-refractivity contribution is 7.99. The number of ether oxygens (including phenoxy) is 1. The molecular weight excluding hydrogens is 358 g/mol. The second-order valence-electron chi connectivity index (χ2n) is 7.04. The molecule has 1 atom stereocenters. The number of carbonyl (C=O) groups is 1. The van der Waals surface area contributed by atoms with Crippen molar-refractivity contribution in [1.29, 1.82) is 0 Å². The molecule has 1 aliphatic heterocycles. The van der Waals surface area contributed by atoms with Crippen LogP contribution in [0.4, 0.5) is 0 Å². The average Bonchev–Trinajstić information content (AvgIpc) is 3.28. The summed E-state index contributed by atoms with van der Waals surface area (Å²) in [4.78, 5) is 16.8. The third-order valence-electron chi connectivity index (χ3n) is 4.97. The van der Waals surface area contributed by atoms with E-state index in [1.807, 2.05) is 25.1 Å². The number of benzene rings is 1. The number of hydrogen-bond acceptors (Lipinski definition) is 4. The Morgan fingerprint density at radius 1 is 1.33 bits per heavy atom. The Kier molecular flexibility index (Phi) is 7.35. The van der Waals surface area contributed by atoms with E-state index in [4.69, 9.17) is 4.74 Å². The minimum Gasteiger partial charge on any atom is -0.376 e. The van der Waals surface area contributed by atoms with E-state index in [9.17, 15) is 4.79 Å². The summed E-state index contributed by atoms with van der Waals surface area (Å²) in [6.07, 6.45) is 4.43. The molecule has 146 valence electrons. The van der Waals surface area contributed by atoms with E-state index in [1.165, 1.54) is 17.3 Å². The van der Waals surface area contributed by atoms with Crippen molar-refractivity contribution in [2.45, 2.75) is 57.3 Å². The maximum absolute atomic E-state index is 12.2. The zero-order chi connectivity index (χ0) is 19.1. The summed E-state index contributed by atoms with van der Waals surface area (Å²) in [5.74, 6) is 0.460. The van der Waals surface area contributed by atoms with Crippen molar-refractivity contribution in [3.63, 3.8) is 0 Å². The second-order valence-corrected chi connectivity index (χ2v) is 7.98. The second kappa shape index (κ2) is 9.95. The smallest absolute Gasteiger partial charge is 0.230 e. The molecule has 2 aromatic rings. The van der Waals surface area contributed by atoms with Crippen LogP contribution >= 0.6 is 11.8 Å². The van der Waals surface area contributed by atoms with E-state index in [2.05, 4.69) is 33.9 Å². The van der Waals surface area contributed by atoms with Crippen LogP contribution in [-0.2, 0) is 22.5 Å². The quantitative estimate of drug-likeness (QED) is 0.528. The van der Waals surface area contributed by atoms with Crippen LogP contribution in [0.3, 0.4) is 0 Å². The Labute approximate surface area is 165 Å². The molecule has 1 aliphatic rings. The molecule has 3 rings (SSSR count). The standard InChI is InChI=1S/C21H29N3O2S/c1-16-17(2)24(14-19-11-7-13-26-19)21(23-16)27-15-20(25)22-12-6-10-18-8-4-3-5-9-18/h3-5,8-9,19H,6-7,10-15H2,1-2H3,(H,22,25). The Morgan fingerprint density at radius 3 is 2.89 bits per heavy atom. The number of imidazole rings is 1. The Morgan fingerprint density at radius 2 is 2.15 bits per heavy atom. The van der Waals surface area contributed by atoms with Crippen LogP contribution in [0.25, 0.3) is 0 Å². The summed E-state index contributed by atoms with van der Waals surface area (Å²) in [5.41, 5.74) is 3.50. The van der Waals surface area contributed by atoms with Gasteiger partial charge in [0.25, 0.3) is 0 Å². The highest BCUT2D eigenvalue weighted by Gasteiger charge is 2.20. The van der Waals surface area contributed by atoms with Gasteiger partial charge in [-0.15, -0.1) is 0 Å². The lowest BCUT2D eigenvalue weighted by atomic mass is 10.1. The molecule has 1 aromatic carbocycles. The maximum Gasteiger partial charge on any atom is 0.230 e. The highest BCUT2D eigenvalue weighted by Crippen LogP contribution is 2.24. The molecule has 1 saturated heterocycles. The predicted molar refractivity (Wildman–Crippen MR) is 109 cm³/mol. The fourth-order valence-electron chi connectivity index (χ4n) is 3.29. The monoisotopic (exact) mass is 387 g/mol. The van der Waals surface area contributed by atoms with Crippen LogP contribution in [0, 0.1) is 13.8 Å². The molecule has 1 N–H and O–H groups in total. The molecule has 0 bridgehead atoms. The van der Waals surface area contributed by atoms with Gasteiger partial charge < -0.3 is 14.6 Å². The van der Waals surface area contributed by atoms with Crippen LogP contribution in [0.1, 0.15) is 36.2 Å². The lowest BCUT2D eigenvalue weighted by molar-refractivity contribution is -0.118. The molecular formula is C21H29N3O2S. The van der Waals surface area contributed by atoms with Crippen molar-refractivity contribution in [1.82, 2.24) is 14.9 Å². The normalized spacial score (nSPS) is 16.6. The fraction of sp³-hybridized carbons (Fsp3) is 0.524. The number of thioether (sulfide) groups is 1. The Hall–Kier alpha value is -1.79. The summed E-state index contributed by atoms with van der Waals surface area (Å²) >= 11 is 1.51. The molecule has 6 heteroatoms. The number of aromatic nitrogens is 2. The molecule has 0 radical (unpaired) electrons. The van der Waals surface area contributed by atoms with Crippen LogP contribution in [-0.4, -0.2) is 40.5 Å². The van der Waals surface area contributed by atoms with E-state index in [-0.39, 0.29) is 12.0 Å². The summed E-state index contributed by atoms with van der Waals surface area (Å²) in [6, 6.07) is 10.4. The van der Waals surface area contributed by atoms with Crippen LogP contribution in [0.2, 0.25) is 0 Å². The van der Waals surface area contributed by atoms with Crippen molar-refractivity contribution >= 4 is 17.7 Å². The van der Waals surface area contributed by atoms with Gasteiger partial charge in [-0.05, 0) is 45.1 Å². The number of amides is 1. The van der Waals surface area contributed by atoms with Crippen LogP contribution in [0.15, 0.2) is 35.5 Å². The molecule has 0 spiro atoms. The molecule has 1 fully saturated rings. The van der Waals surface area contributed by atoms with Crippen molar-refractivity contribution < 1.29 is 9.53 Å². The largest absolute Gasteiger partial charge is 0.376 e. The van der Waals surface area contributed by atoms with E-state index < -0.39 is 0 Å². The third-order valence-corrected chi connectivity index (χ3v) is 5.95. The van der Waals surface area contributed by atoms with E-state index in [1.54, 1.807) is 0 Å². The number of hydrogen-bond donors (Lipinski definition) is 1. The summed E-state index contributed by atoms with van der Waals surface area (Å²) in [5, 5.41) is 3.93. The fourth-order valence-corrected chi connectivity index (χ4v) is 4.22. The summed E-state index contributed by atoms with van der Waals surface area (Å²) < 4.78 is 7.97. The third kappa shape index (κ3) is 5.84. The molecule has 0 saturated carbocycles. The predicted octanol–water partition coefficient (Wildman–Crippen LogP) is 3.52. The number of carbonyl (C=O) groups excluding carboxylic acids is 1. The molecule has 2 heterocycles. The number of rotatable bonds is 9. The van der Waals surface area contributed by atoms with Gasteiger partial charge in [0.05, 0.1) is 24.1 Å². The van der Waals surface area contributed by atoms with Gasteiger partial charge in [0, 0.05) is 18.8 Å². The molecule has 5 nitrogen and oxygen atoms in total. The van der Waals surface area contributed by atoms with Gasteiger partial charge in [-0.3, -0.25) is 4.79 Å². The summed E-state index contributed by atoms with van der Waals surface area (Å²) in [6.45, 7) is 6.50. The van der Waals surface area contributed by atoms with E-state index in [0.29, 0.717) is 12.3 Å². The van der Waals surface area contributed by atoms with Crippen molar-refractivity contribution in [3.8, 4) is 0 Å². The van der Waals surface area contributed by atoms with Gasteiger partial charge in [0.15, 0.2) is 5.16 Å². The zero-order valence-corrected chi connectivity index (χ0v) is 17.1. The van der Waals surface area contributed by atoms with Gasteiger partial charge in [-0.25, -0.2) is 4.98 Å². The highest BCUT2D eigenvalue weighted by atomic mass is 32.2. The zero-order valence-electron chi connectivity index (χ0n) is 16.2. The first-order valence-corrected chi connectivity index (χ1v) is 10.7. The minimum absolute atomic E-state index is 0.0648. The van der Waals surface area contributed by atoms with Crippen molar-refractivity contribution in [3.05, 3.63) is 47.3 Å². The molecule has 27 heavy (non-hydrogen) atoms. The molecule has 1 aromatic heterocycles. The first-order chi connectivity index (χ1) is 13.1. The summed E-state index contributed by atoms with van der Waals surface area (Å²) in [7, 11) is 0. The van der Waals surface area contributed by atoms with Gasteiger partial charge in [0.2, 0.25) is 5.91 Å². The topological polar surface area (TPSA) is 56.2 Å². The van der Waals surface area contributed by atoms with E-state index >= 15 is 0 Å². The van der Waals surface area contributed by atoms with E-state index in [0.717, 1.165) is 55.4 Å². The molecule has 1 amide bonds. The minimum atomic E-state index is 0.0648. The lowest BCUT2D eigenvalue weighted by Gasteiger charge is -2.14. The van der Waals surface area contributed by atoms with Crippen LogP contribution < -0.4 is 5.32 Å². The van der Waals surface area contributed by atoms with Gasteiger partial charge in [-0.1, -0.05) is 42.1 Å². The number of nitrogens with one attached hydrogen (secondary N) is 1. The average molecular weight is 388 g/mol. The Bertz CT molecular complexity index is 739. The number of nitrogens with zero attached hydrogens (tertiary/aromatic N) is 2. The van der Waals surface area contributed by atoms with Crippen LogP contribution in [0.5, 0.6) is 0 Å². The van der Waals surface area contributed by atoms with Gasteiger partial charge >= 0.3 is 0 Å². The lowest BCUT2D eigenvalue weighted by Crippen LogP contribution is -2.26. The number of aryl methyl sites for hydroxylation is 2. The SMILES string of the molecule is Cc1nc(SCC(=O)NCCCc2ccccc2)n(CC2CCCO2)c1C. The first kappa shape index (κ1) is 20.0. The molecule has 1 unspecified atom stereocenters. The van der Waals surface area contributed by atoms with Crippen molar-refractivity contribution in [2.24, 2.45) is 0 Å². The van der Waals surface area contributed by atoms with Crippen molar-refractivity contribution in [2.75, 3.05) is 18.9 Å². The maximum atomic E-state index is 12.2. The molecule has 0 aliphatic carbocycles. The first-order valence-electron chi connectivity index (χ1n) is 9.72. The van der Waals surface area contributed by atoms with Gasteiger partial charge in [-0.2, -0.15) is 0 Å².